The Morgan fingerprint density at radius 3 is 2.35 bits per heavy atom. The first-order valence-electron chi connectivity index (χ1n) is 5.54. The Morgan fingerprint density at radius 2 is 1.94 bits per heavy atom. The number of benzene rings is 1. The Morgan fingerprint density at radius 1 is 1.41 bits per heavy atom. The highest BCUT2D eigenvalue weighted by Gasteiger charge is 2.28. The molecule has 0 aromatic heterocycles. The topological polar surface area (TPSA) is 72.5 Å². The molecule has 17 heavy (non-hydrogen) atoms. The summed E-state index contributed by atoms with van der Waals surface area (Å²) in [6.45, 7) is 5.31. The van der Waals surface area contributed by atoms with Gasteiger partial charge in [0.15, 0.2) is 0 Å². The van der Waals surface area contributed by atoms with Crippen LogP contribution in [0.15, 0.2) is 24.3 Å². The van der Waals surface area contributed by atoms with Gasteiger partial charge in [0.05, 0.1) is 5.41 Å². The van der Waals surface area contributed by atoms with Crippen LogP contribution in [-0.2, 0) is 4.79 Å². The minimum atomic E-state index is -0.889. The highest BCUT2D eigenvalue weighted by molar-refractivity contribution is 5.73. The standard InChI is InChI=1S/C13H19NO3/c1-9(14)10-4-6-11(7-5-10)17-8-13(2,3)12(15)16/h4-7,9H,8,14H2,1-3H3,(H,15,16). The lowest BCUT2D eigenvalue weighted by molar-refractivity contribution is -0.148. The Bertz CT molecular complexity index is 382. The Labute approximate surface area is 101 Å². The van der Waals surface area contributed by atoms with Crippen molar-refractivity contribution in [2.75, 3.05) is 6.61 Å². The smallest absolute Gasteiger partial charge is 0.312 e. The molecular formula is C13H19NO3. The summed E-state index contributed by atoms with van der Waals surface area (Å²) in [5.41, 5.74) is 5.86. The van der Waals surface area contributed by atoms with E-state index in [1.807, 2.05) is 19.1 Å². The highest BCUT2D eigenvalue weighted by Crippen LogP contribution is 2.20. The molecule has 0 radical (unpaired) electrons. The number of rotatable bonds is 5. The average molecular weight is 237 g/mol. The van der Waals surface area contributed by atoms with Crippen molar-refractivity contribution in [3.63, 3.8) is 0 Å². The van der Waals surface area contributed by atoms with Crippen molar-refractivity contribution in [3.05, 3.63) is 29.8 Å². The van der Waals surface area contributed by atoms with E-state index in [-0.39, 0.29) is 12.6 Å². The lowest BCUT2D eigenvalue weighted by atomic mass is 9.95. The van der Waals surface area contributed by atoms with Gasteiger partial charge in [0, 0.05) is 6.04 Å². The predicted molar refractivity (Wildman–Crippen MR) is 66.0 cm³/mol. The van der Waals surface area contributed by atoms with Crippen LogP contribution >= 0.6 is 0 Å². The molecule has 1 aromatic rings. The first-order chi connectivity index (χ1) is 7.83. The molecular weight excluding hydrogens is 218 g/mol. The van der Waals surface area contributed by atoms with Crippen molar-refractivity contribution in [1.82, 2.24) is 0 Å². The molecule has 0 amide bonds. The zero-order valence-electron chi connectivity index (χ0n) is 10.4. The molecule has 1 unspecified atom stereocenters. The molecule has 4 nitrogen and oxygen atoms in total. The van der Waals surface area contributed by atoms with Gasteiger partial charge in [-0.1, -0.05) is 12.1 Å². The number of hydrogen-bond donors (Lipinski definition) is 2. The van der Waals surface area contributed by atoms with E-state index < -0.39 is 11.4 Å². The third-order valence-electron chi connectivity index (χ3n) is 2.58. The largest absolute Gasteiger partial charge is 0.492 e. The normalized spacial score (nSPS) is 13.2. The number of carbonyl (C=O) groups is 1. The summed E-state index contributed by atoms with van der Waals surface area (Å²) >= 11 is 0. The first kappa shape index (κ1) is 13.5. The van der Waals surface area contributed by atoms with Crippen molar-refractivity contribution in [2.24, 2.45) is 11.1 Å². The van der Waals surface area contributed by atoms with Crippen LogP contribution < -0.4 is 10.5 Å². The van der Waals surface area contributed by atoms with Crippen LogP contribution in [0.4, 0.5) is 0 Å². The lowest BCUT2D eigenvalue weighted by Crippen LogP contribution is -2.30. The van der Waals surface area contributed by atoms with Crippen molar-refractivity contribution in [2.45, 2.75) is 26.8 Å². The van der Waals surface area contributed by atoms with Gasteiger partial charge in [-0.3, -0.25) is 4.79 Å². The van der Waals surface area contributed by atoms with E-state index in [0.29, 0.717) is 5.75 Å². The summed E-state index contributed by atoms with van der Waals surface area (Å²) < 4.78 is 5.45. The fourth-order valence-corrected chi connectivity index (χ4v) is 1.19. The Hall–Kier alpha value is -1.55. The maximum atomic E-state index is 10.9. The van der Waals surface area contributed by atoms with Crippen molar-refractivity contribution >= 4 is 5.97 Å². The maximum Gasteiger partial charge on any atom is 0.312 e. The summed E-state index contributed by atoms with van der Waals surface area (Å²) in [5, 5.41) is 8.94. The first-order valence-corrected chi connectivity index (χ1v) is 5.54. The molecule has 1 rings (SSSR count). The monoisotopic (exact) mass is 237 g/mol. The highest BCUT2D eigenvalue weighted by atomic mass is 16.5. The number of carboxylic acids is 1. The lowest BCUT2D eigenvalue weighted by Gasteiger charge is -2.19. The summed E-state index contributed by atoms with van der Waals surface area (Å²) in [7, 11) is 0. The zero-order valence-corrected chi connectivity index (χ0v) is 10.4. The summed E-state index contributed by atoms with van der Waals surface area (Å²) in [6.07, 6.45) is 0. The van der Waals surface area contributed by atoms with Gasteiger partial charge in [0.2, 0.25) is 0 Å². The quantitative estimate of drug-likeness (QED) is 0.823. The minimum absolute atomic E-state index is 0.0143. The molecule has 0 fully saturated rings. The van der Waals surface area contributed by atoms with E-state index in [1.54, 1.807) is 26.0 Å². The van der Waals surface area contributed by atoms with E-state index in [0.717, 1.165) is 5.56 Å². The molecule has 0 aliphatic rings. The van der Waals surface area contributed by atoms with Gasteiger partial charge >= 0.3 is 5.97 Å². The second kappa shape index (κ2) is 5.19. The summed E-state index contributed by atoms with van der Waals surface area (Å²) in [4.78, 5) is 10.9. The third-order valence-corrected chi connectivity index (χ3v) is 2.58. The molecule has 0 heterocycles. The number of ether oxygens (including phenoxy) is 1. The van der Waals surface area contributed by atoms with Crippen molar-refractivity contribution < 1.29 is 14.6 Å². The molecule has 1 atom stereocenters. The van der Waals surface area contributed by atoms with Crippen LogP contribution in [0.2, 0.25) is 0 Å². The average Bonchev–Trinajstić information content (AvgIpc) is 2.27. The molecule has 0 bridgehead atoms. The molecule has 4 heteroatoms. The number of carboxylic acid groups (broad SMARTS) is 1. The predicted octanol–water partition coefficient (Wildman–Crippen LogP) is 2.20. The van der Waals surface area contributed by atoms with Crippen LogP contribution in [0, 0.1) is 5.41 Å². The molecule has 0 saturated heterocycles. The molecule has 94 valence electrons. The number of nitrogens with two attached hydrogens (primary N) is 1. The van der Waals surface area contributed by atoms with Gasteiger partial charge in [-0.2, -0.15) is 0 Å². The van der Waals surface area contributed by atoms with E-state index >= 15 is 0 Å². The van der Waals surface area contributed by atoms with E-state index in [1.165, 1.54) is 0 Å². The van der Waals surface area contributed by atoms with Crippen LogP contribution in [0.1, 0.15) is 32.4 Å². The van der Waals surface area contributed by atoms with Gasteiger partial charge in [-0.05, 0) is 38.5 Å². The van der Waals surface area contributed by atoms with Gasteiger partial charge < -0.3 is 15.6 Å². The van der Waals surface area contributed by atoms with Gasteiger partial charge in [0.25, 0.3) is 0 Å². The van der Waals surface area contributed by atoms with Gasteiger partial charge in [-0.25, -0.2) is 0 Å². The number of hydrogen-bond acceptors (Lipinski definition) is 3. The molecule has 0 aliphatic heterocycles. The van der Waals surface area contributed by atoms with Crippen LogP contribution in [0.5, 0.6) is 5.75 Å². The van der Waals surface area contributed by atoms with Crippen LogP contribution in [0.25, 0.3) is 0 Å². The maximum absolute atomic E-state index is 10.9. The van der Waals surface area contributed by atoms with E-state index in [4.69, 9.17) is 15.6 Å². The zero-order chi connectivity index (χ0) is 13.1. The molecule has 1 aromatic carbocycles. The second-order valence-corrected chi connectivity index (χ2v) is 4.84. The SMILES string of the molecule is CC(N)c1ccc(OCC(C)(C)C(=O)O)cc1. The second-order valence-electron chi connectivity index (χ2n) is 4.84. The molecule has 0 spiro atoms. The fraction of sp³-hybridized carbons (Fsp3) is 0.462. The van der Waals surface area contributed by atoms with Crippen molar-refractivity contribution in [1.29, 1.82) is 0 Å². The molecule has 0 aliphatic carbocycles. The van der Waals surface area contributed by atoms with Gasteiger partial charge in [-0.15, -0.1) is 0 Å². The van der Waals surface area contributed by atoms with Crippen molar-refractivity contribution in [3.8, 4) is 5.75 Å². The minimum Gasteiger partial charge on any atom is -0.492 e. The van der Waals surface area contributed by atoms with Crippen LogP contribution in [0.3, 0.4) is 0 Å². The molecule has 3 N–H and O–H groups in total. The Balaban J connectivity index is 2.62. The summed E-state index contributed by atoms with van der Waals surface area (Å²) in [6, 6.07) is 7.36. The van der Waals surface area contributed by atoms with Gasteiger partial charge in [0.1, 0.15) is 12.4 Å². The third kappa shape index (κ3) is 3.75. The Kier molecular flexibility index (Phi) is 4.12. The number of aliphatic carboxylic acids is 1. The van der Waals surface area contributed by atoms with E-state index in [2.05, 4.69) is 0 Å². The van der Waals surface area contributed by atoms with E-state index in [9.17, 15) is 4.79 Å². The fourth-order valence-electron chi connectivity index (χ4n) is 1.19. The molecule has 0 saturated carbocycles. The summed E-state index contributed by atoms with van der Waals surface area (Å²) in [5.74, 6) is -0.214. The van der Waals surface area contributed by atoms with Crippen LogP contribution in [-0.4, -0.2) is 17.7 Å².